The van der Waals surface area contributed by atoms with Gasteiger partial charge in [0.1, 0.15) is 0 Å². The Kier molecular flexibility index (Phi) is 26.6. The largest absolute Gasteiger partial charge is 0.522 e. The predicted octanol–water partition coefficient (Wildman–Crippen LogP) is 12.5. The Hall–Kier alpha value is -2.32. The first kappa shape index (κ1) is 65.7. The molecule has 0 saturated carbocycles. The first-order valence-electron chi connectivity index (χ1n) is 21.7. The second-order valence-corrected chi connectivity index (χ2v) is 42.1. The SMILES string of the molecule is CN(C(=O)C(F)(OCF)C(F)(F)F)c1cccc([Si](C)(C)CC[Si](C)(C)O[Si](C)C)c1.CN(C(=O)CCCCF)c1cccc([Si](C)(C)CC[Si](C)(C)O[Si](C)C)c1.FC(F)(F)COC(F)(F)F. The Balaban J connectivity index is 0.00000111. The molecule has 1 unspecified atom stereocenters. The number of carbonyl (C=O) groups is 2. The van der Waals surface area contributed by atoms with E-state index < -0.39 is 94.8 Å². The molecule has 0 saturated heterocycles. The molecule has 68 heavy (non-hydrogen) atoms. The van der Waals surface area contributed by atoms with Gasteiger partial charge in [0, 0.05) is 31.9 Å². The minimum atomic E-state index is -5.72. The minimum absolute atomic E-state index is 0.0579. The lowest BCUT2D eigenvalue weighted by Gasteiger charge is -2.32. The number of ether oxygens (including phenoxy) is 2. The minimum Gasteiger partial charge on any atom is -0.456 e. The Bertz CT molecular complexity index is 1830. The summed E-state index contributed by atoms with van der Waals surface area (Å²) >= 11 is 0. The summed E-state index contributed by atoms with van der Waals surface area (Å²) in [6.07, 6.45) is -14.4. The van der Waals surface area contributed by atoms with Gasteiger partial charge in [0.25, 0.3) is 0 Å². The van der Waals surface area contributed by atoms with E-state index in [-0.39, 0.29) is 18.3 Å². The van der Waals surface area contributed by atoms with Gasteiger partial charge in [-0.25, -0.2) is 4.39 Å². The van der Waals surface area contributed by atoms with Gasteiger partial charge >= 0.3 is 30.5 Å². The molecule has 2 radical (unpaired) electrons. The molecule has 2 aromatic rings. The summed E-state index contributed by atoms with van der Waals surface area (Å²) in [6.45, 7) is 21.9. The van der Waals surface area contributed by atoms with E-state index in [2.05, 4.69) is 106 Å². The molecular weight excluding hydrogens is 1020 g/mol. The highest BCUT2D eigenvalue weighted by Gasteiger charge is 2.65. The first-order valence-corrected chi connectivity index (χ1v) is 39.1. The van der Waals surface area contributed by atoms with Gasteiger partial charge in [-0.05, 0) is 102 Å². The molecule has 0 heterocycles. The molecular formula is C42H70F12N2O6Si6. The third-order valence-corrected chi connectivity index (χ3v) is 28.8. The molecule has 0 aliphatic carbocycles. The molecule has 0 N–H and O–H groups in total. The molecule has 0 bridgehead atoms. The Labute approximate surface area is 402 Å². The zero-order chi connectivity index (χ0) is 53.3. The first-order chi connectivity index (χ1) is 30.7. The molecule has 2 aromatic carbocycles. The summed E-state index contributed by atoms with van der Waals surface area (Å²) in [4.78, 5) is 26.8. The van der Waals surface area contributed by atoms with Crippen molar-refractivity contribution in [3.05, 3.63) is 48.5 Å². The van der Waals surface area contributed by atoms with Crippen molar-refractivity contribution in [3.63, 3.8) is 0 Å². The monoisotopic (exact) mass is 1090 g/mol. The second kappa shape index (κ2) is 27.5. The van der Waals surface area contributed by atoms with Crippen molar-refractivity contribution in [2.75, 3.05) is 44.0 Å². The van der Waals surface area contributed by atoms with Gasteiger partial charge in [0.05, 0.1) is 22.8 Å². The Morgan fingerprint density at radius 2 is 1.01 bits per heavy atom. The molecule has 0 aliphatic rings. The Morgan fingerprint density at radius 3 is 1.34 bits per heavy atom. The van der Waals surface area contributed by atoms with Crippen molar-refractivity contribution in [2.45, 2.75) is 147 Å². The highest BCUT2D eigenvalue weighted by molar-refractivity contribution is 6.92. The van der Waals surface area contributed by atoms with Crippen molar-refractivity contribution in [1.29, 1.82) is 0 Å². The number of anilines is 2. The van der Waals surface area contributed by atoms with E-state index in [4.69, 9.17) is 8.23 Å². The van der Waals surface area contributed by atoms with Crippen LogP contribution in [0.15, 0.2) is 48.5 Å². The van der Waals surface area contributed by atoms with E-state index >= 15 is 0 Å². The fraction of sp³-hybridized carbons (Fsp3) is 0.667. The summed E-state index contributed by atoms with van der Waals surface area (Å²) in [5.41, 5.74) is 1.02. The second-order valence-electron chi connectivity index (χ2n) is 19.1. The number of hydrogen-bond donors (Lipinski definition) is 0. The van der Waals surface area contributed by atoms with Crippen LogP contribution in [-0.4, -0.2) is 121 Å². The van der Waals surface area contributed by atoms with Crippen LogP contribution in [-0.2, 0) is 27.3 Å². The lowest BCUT2D eigenvalue weighted by Crippen LogP contribution is -2.56. The number of rotatable bonds is 22. The van der Waals surface area contributed by atoms with Crippen molar-refractivity contribution < 1.29 is 80.0 Å². The van der Waals surface area contributed by atoms with Gasteiger partial charge in [-0.3, -0.25) is 23.5 Å². The van der Waals surface area contributed by atoms with Gasteiger partial charge in [-0.2, -0.15) is 30.7 Å². The number of unbranched alkanes of at least 4 members (excludes halogenated alkanes) is 1. The van der Waals surface area contributed by atoms with Crippen LogP contribution in [0.25, 0.3) is 0 Å². The summed E-state index contributed by atoms with van der Waals surface area (Å²) in [6, 6.07) is 19.2. The van der Waals surface area contributed by atoms with Crippen molar-refractivity contribution in [2.24, 2.45) is 0 Å². The normalized spacial score (nSPS) is 13.9. The zero-order valence-corrected chi connectivity index (χ0v) is 47.6. The third kappa shape index (κ3) is 24.7. The van der Waals surface area contributed by atoms with Crippen LogP contribution < -0.4 is 20.2 Å². The molecule has 1 atom stereocenters. The maximum absolute atomic E-state index is 14.3. The molecule has 2 amide bonds. The number of amides is 2. The molecule has 0 spiro atoms. The van der Waals surface area contributed by atoms with Crippen molar-refractivity contribution >= 4 is 84.4 Å². The van der Waals surface area contributed by atoms with Gasteiger partial charge < -0.3 is 18.0 Å². The van der Waals surface area contributed by atoms with Crippen molar-refractivity contribution in [1.82, 2.24) is 0 Å². The van der Waals surface area contributed by atoms with E-state index in [1.54, 1.807) is 17.0 Å². The molecule has 8 nitrogen and oxygen atoms in total. The van der Waals surface area contributed by atoms with Gasteiger partial charge in [-0.1, -0.05) is 72.9 Å². The van der Waals surface area contributed by atoms with E-state index in [0.717, 1.165) is 30.0 Å². The number of alkyl halides is 12. The van der Waals surface area contributed by atoms with E-state index in [9.17, 15) is 62.3 Å². The van der Waals surface area contributed by atoms with Gasteiger partial charge in [0.2, 0.25) is 5.91 Å². The summed E-state index contributed by atoms with van der Waals surface area (Å²) in [5.74, 6) is -6.73. The predicted molar refractivity (Wildman–Crippen MR) is 260 cm³/mol. The number of nitrogens with zero attached hydrogens (tertiary/aromatic N) is 2. The third-order valence-electron chi connectivity index (χ3n) is 10.4. The fourth-order valence-electron chi connectivity index (χ4n) is 6.51. The molecule has 392 valence electrons. The fourth-order valence-corrected chi connectivity index (χ4v) is 28.7. The maximum Gasteiger partial charge on any atom is 0.522 e. The topological polar surface area (TPSA) is 77.5 Å². The van der Waals surface area contributed by atoms with Crippen LogP contribution in [0.3, 0.4) is 0 Å². The maximum atomic E-state index is 14.3. The smallest absolute Gasteiger partial charge is 0.456 e. The molecule has 0 aliphatic heterocycles. The van der Waals surface area contributed by atoms with E-state index in [1.807, 2.05) is 19.2 Å². The number of benzene rings is 2. The highest BCUT2D eigenvalue weighted by Crippen LogP contribution is 2.38. The molecule has 0 aromatic heterocycles. The molecule has 2 rings (SSSR count). The Morgan fingerprint density at radius 1 is 0.603 bits per heavy atom. The van der Waals surface area contributed by atoms with Crippen LogP contribution in [0.4, 0.5) is 64.1 Å². The van der Waals surface area contributed by atoms with Gasteiger partial charge in [0.15, 0.2) is 48.2 Å². The lowest BCUT2D eigenvalue weighted by atomic mass is 10.2. The van der Waals surface area contributed by atoms with Crippen LogP contribution in [0, 0.1) is 0 Å². The van der Waals surface area contributed by atoms with Crippen LogP contribution in [0.2, 0.25) is 103 Å². The molecule has 26 heteroatoms. The number of halogens is 12. The number of hydrogen-bond acceptors (Lipinski definition) is 6. The molecule has 0 fully saturated rings. The summed E-state index contributed by atoms with van der Waals surface area (Å²) in [5, 5.41) is 2.29. The number of likely N-dealkylation sites (N-methyl/N-ethyl adjacent to an activating group) is 1. The van der Waals surface area contributed by atoms with Crippen LogP contribution >= 0.6 is 0 Å². The summed E-state index contributed by atoms with van der Waals surface area (Å²) < 4.78 is 162. The van der Waals surface area contributed by atoms with Crippen LogP contribution in [0.5, 0.6) is 0 Å². The zero-order valence-electron chi connectivity index (χ0n) is 41.6. The van der Waals surface area contributed by atoms with E-state index in [0.29, 0.717) is 24.2 Å². The highest BCUT2D eigenvalue weighted by atomic mass is 28.4. The van der Waals surface area contributed by atoms with Crippen LogP contribution in [0.1, 0.15) is 19.3 Å². The standard InChI is InChI=1S/C20H37FNO2Si3.C19H31F5NO3Si3.C3H2F6O/c1-22(20(23)13-8-9-14-21)18-11-10-12-19(17-18)26(4,5)15-16-27(6,7)24-25(2)3;1-25(17(26)18(21,27-14-20)19(22,23)24)15-9-8-10-16(13-15)30(4,5)11-12-31(6,7)28-29(2)3;4-2(5,6)1-10-3(7,8)9/h10-12,17H,8-9,13-16H2,1-7H3;8-10,13H,11-12,14H2,1-7H3;1H2. The number of carbonyl (C=O) groups excluding carboxylic acids is 2. The van der Waals surface area contributed by atoms with Crippen molar-refractivity contribution in [3.8, 4) is 0 Å². The van der Waals surface area contributed by atoms with Gasteiger partial charge in [-0.15, -0.1) is 13.2 Å². The average molecular weight is 1100 g/mol. The average Bonchev–Trinajstić information content (AvgIpc) is 3.20. The lowest BCUT2D eigenvalue weighted by molar-refractivity contribution is -0.352. The summed E-state index contributed by atoms with van der Waals surface area (Å²) in [7, 11) is -5.69. The van der Waals surface area contributed by atoms with E-state index in [1.165, 1.54) is 23.3 Å². The quantitative estimate of drug-likeness (QED) is 0.0664.